The highest BCUT2D eigenvalue weighted by atomic mass is 32.2. The molecule has 0 saturated heterocycles. The smallest absolute Gasteiger partial charge is 0.231 e. The number of hydrogen-bond acceptors (Lipinski definition) is 6. The lowest BCUT2D eigenvalue weighted by molar-refractivity contribution is -0.120. The van der Waals surface area contributed by atoms with Gasteiger partial charge in [-0.15, -0.1) is 5.10 Å². The van der Waals surface area contributed by atoms with Crippen molar-refractivity contribution in [1.82, 2.24) is 25.5 Å². The molecule has 1 N–H and O–H groups in total. The molecule has 0 bridgehead atoms. The number of benzene rings is 1. The van der Waals surface area contributed by atoms with Crippen molar-refractivity contribution in [2.24, 2.45) is 0 Å². The Balaban J connectivity index is 1.62. The number of tetrazole rings is 1. The summed E-state index contributed by atoms with van der Waals surface area (Å²) < 4.78 is 1.61. The van der Waals surface area contributed by atoms with Gasteiger partial charge in [0.2, 0.25) is 11.1 Å². The Morgan fingerprint density at radius 3 is 2.72 bits per heavy atom. The second-order valence-electron chi connectivity index (χ2n) is 6.30. The van der Waals surface area contributed by atoms with Crippen LogP contribution in [0.3, 0.4) is 0 Å². The van der Waals surface area contributed by atoms with E-state index >= 15 is 0 Å². The van der Waals surface area contributed by atoms with Crippen LogP contribution in [0, 0.1) is 18.3 Å². The molecule has 1 aliphatic rings. The summed E-state index contributed by atoms with van der Waals surface area (Å²) in [7, 11) is 0. The van der Waals surface area contributed by atoms with Gasteiger partial charge in [0.1, 0.15) is 5.54 Å². The van der Waals surface area contributed by atoms with Crippen LogP contribution < -0.4 is 5.32 Å². The minimum Gasteiger partial charge on any atom is -0.337 e. The Morgan fingerprint density at radius 1 is 1.32 bits per heavy atom. The van der Waals surface area contributed by atoms with E-state index in [2.05, 4.69) is 26.9 Å². The number of nitrogens with zero attached hydrogens (tertiary/aromatic N) is 5. The maximum atomic E-state index is 12.3. The summed E-state index contributed by atoms with van der Waals surface area (Å²) in [4.78, 5) is 12.3. The third-order valence-corrected chi connectivity index (χ3v) is 5.27. The fourth-order valence-corrected chi connectivity index (χ4v) is 3.66. The lowest BCUT2D eigenvalue weighted by Crippen LogP contribution is -2.49. The molecule has 0 atom stereocenters. The van der Waals surface area contributed by atoms with Crippen molar-refractivity contribution in [2.75, 3.05) is 5.75 Å². The van der Waals surface area contributed by atoms with Crippen LogP contribution in [0.25, 0.3) is 5.69 Å². The number of aryl methyl sites for hydroxylation is 1. The molecule has 7 nitrogen and oxygen atoms in total. The van der Waals surface area contributed by atoms with Gasteiger partial charge in [-0.05, 0) is 42.3 Å². The SMILES string of the molecule is Cc1ccc(-n2nnnc2SCC(=O)NC2(C#N)CCCCC2)cc1. The van der Waals surface area contributed by atoms with Gasteiger partial charge < -0.3 is 5.32 Å². The molecule has 2 aromatic rings. The van der Waals surface area contributed by atoms with Crippen molar-refractivity contribution >= 4 is 17.7 Å². The molecule has 0 aliphatic heterocycles. The number of aromatic nitrogens is 4. The van der Waals surface area contributed by atoms with Crippen LogP contribution in [-0.4, -0.2) is 37.4 Å². The maximum absolute atomic E-state index is 12.3. The van der Waals surface area contributed by atoms with E-state index in [0.29, 0.717) is 5.16 Å². The number of thioether (sulfide) groups is 1. The summed E-state index contributed by atoms with van der Waals surface area (Å²) in [6, 6.07) is 10.1. The highest BCUT2D eigenvalue weighted by Crippen LogP contribution is 2.28. The first-order valence-electron chi connectivity index (χ1n) is 8.32. The van der Waals surface area contributed by atoms with Crippen molar-refractivity contribution in [3.63, 3.8) is 0 Å². The van der Waals surface area contributed by atoms with Gasteiger partial charge in [0.25, 0.3) is 0 Å². The third-order valence-electron chi connectivity index (χ3n) is 4.35. The van der Waals surface area contributed by atoms with Gasteiger partial charge in [0.15, 0.2) is 0 Å². The number of nitriles is 1. The predicted octanol–water partition coefficient (Wildman–Crippen LogP) is 2.41. The van der Waals surface area contributed by atoms with Crippen molar-refractivity contribution in [2.45, 2.75) is 49.7 Å². The van der Waals surface area contributed by atoms with Crippen LogP contribution in [-0.2, 0) is 4.79 Å². The summed E-state index contributed by atoms with van der Waals surface area (Å²) in [5.41, 5.74) is 1.29. The zero-order valence-corrected chi connectivity index (χ0v) is 14.9. The largest absolute Gasteiger partial charge is 0.337 e. The number of hydrogen-bond donors (Lipinski definition) is 1. The normalized spacial score (nSPS) is 16.2. The summed E-state index contributed by atoms with van der Waals surface area (Å²) in [6.07, 6.45) is 4.53. The molecule has 0 radical (unpaired) electrons. The number of amides is 1. The standard InChI is InChI=1S/C17H20N6OS/c1-13-5-7-14(8-6-13)23-16(20-21-22-23)25-11-15(24)19-17(12-18)9-3-2-4-10-17/h5-8H,2-4,9-11H2,1H3,(H,19,24). The molecule has 1 heterocycles. The zero-order chi connectivity index (χ0) is 17.7. The number of rotatable bonds is 5. The molecular weight excluding hydrogens is 336 g/mol. The van der Waals surface area contributed by atoms with E-state index in [-0.39, 0.29) is 11.7 Å². The van der Waals surface area contributed by atoms with Crippen LogP contribution >= 0.6 is 11.8 Å². The molecule has 1 fully saturated rings. The highest BCUT2D eigenvalue weighted by molar-refractivity contribution is 7.99. The van der Waals surface area contributed by atoms with Gasteiger partial charge in [-0.1, -0.05) is 48.7 Å². The molecule has 1 aliphatic carbocycles. The van der Waals surface area contributed by atoms with Crippen LogP contribution in [0.4, 0.5) is 0 Å². The van der Waals surface area contributed by atoms with Crippen LogP contribution in [0.15, 0.2) is 29.4 Å². The predicted molar refractivity (Wildman–Crippen MR) is 94.2 cm³/mol. The Bertz CT molecular complexity index is 773. The molecule has 1 amide bonds. The lowest BCUT2D eigenvalue weighted by atomic mass is 9.83. The topological polar surface area (TPSA) is 96.5 Å². The van der Waals surface area contributed by atoms with Gasteiger partial charge >= 0.3 is 0 Å². The van der Waals surface area contributed by atoms with Gasteiger partial charge in [-0.25, -0.2) is 0 Å². The van der Waals surface area contributed by atoms with Crippen molar-refractivity contribution < 1.29 is 4.79 Å². The Morgan fingerprint density at radius 2 is 2.04 bits per heavy atom. The third kappa shape index (κ3) is 4.17. The molecule has 25 heavy (non-hydrogen) atoms. The van der Waals surface area contributed by atoms with Gasteiger partial charge in [-0.3, -0.25) is 4.79 Å². The second-order valence-corrected chi connectivity index (χ2v) is 7.24. The molecule has 1 saturated carbocycles. The van der Waals surface area contributed by atoms with E-state index in [4.69, 9.17) is 0 Å². The summed E-state index contributed by atoms with van der Waals surface area (Å²) in [6.45, 7) is 2.01. The van der Waals surface area contributed by atoms with Crippen LogP contribution in [0.5, 0.6) is 0 Å². The molecule has 0 unspecified atom stereocenters. The molecule has 0 spiro atoms. The monoisotopic (exact) mass is 356 g/mol. The van der Waals surface area contributed by atoms with Crippen molar-refractivity contribution in [3.8, 4) is 11.8 Å². The molecule has 130 valence electrons. The van der Waals surface area contributed by atoms with E-state index in [0.717, 1.165) is 43.4 Å². The summed E-state index contributed by atoms with van der Waals surface area (Å²) in [5, 5.41) is 24.6. The fraction of sp³-hybridized carbons (Fsp3) is 0.471. The number of nitrogens with one attached hydrogen (secondary N) is 1. The first kappa shape index (κ1) is 17.4. The van der Waals surface area contributed by atoms with Gasteiger partial charge in [0, 0.05) is 0 Å². The number of carbonyl (C=O) groups is 1. The van der Waals surface area contributed by atoms with E-state index in [1.807, 2.05) is 31.2 Å². The first-order valence-corrected chi connectivity index (χ1v) is 9.31. The van der Waals surface area contributed by atoms with E-state index in [1.165, 1.54) is 11.8 Å². The first-order chi connectivity index (χ1) is 12.1. The average molecular weight is 356 g/mol. The molecule has 1 aromatic carbocycles. The Hall–Kier alpha value is -2.40. The molecule has 1 aromatic heterocycles. The van der Waals surface area contributed by atoms with Crippen molar-refractivity contribution in [1.29, 1.82) is 5.26 Å². The van der Waals surface area contributed by atoms with E-state index in [1.54, 1.807) is 4.68 Å². The Kier molecular flexibility index (Phi) is 5.34. The molecular formula is C17H20N6OS. The Labute approximate surface area is 150 Å². The quantitative estimate of drug-likeness (QED) is 0.826. The van der Waals surface area contributed by atoms with E-state index < -0.39 is 5.54 Å². The van der Waals surface area contributed by atoms with Crippen LogP contribution in [0.2, 0.25) is 0 Å². The van der Waals surface area contributed by atoms with E-state index in [9.17, 15) is 10.1 Å². The van der Waals surface area contributed by atoms with Crippen LogP contribution in [0.1, 0.15) is 37.7 Å². The zero-order valence-electron chi connectivity index (χ0n) is 14.1. The summed E-state index contributed by atoms with van der Waals surface area (Å²) in [5.74, 6) is 0.0160. The fourth-order valence-electron chi connectivity index (χ4n) is 2.97. The molecule has 8 heteroatoms. The van der Waals surface area contributed by atoms with Crippen molar-refractivity contribution in [3.05, 3.63) is 29.8 Å². The second kappa shape index (κ2) is 7.66. The summed E-state index contributed by atoms with van der Waals surface area (Å²) >= 11 is 1.26. The average Bonchev–Trinajstić information content (AvgIpc) is 3.10. The lowest BCUT2D eigenvalue weighted by Gasteiger charge is -2.31. The van der Waals surface area contributed by atoms with Gasteiger partial charge in [-0.2, -0.15) is 9.94 Å². The minimum absolute atomic E-state index is 0.160. The highest BCUT2D eigenvalue weighted by Gasteiger charge is 2.33. The van der Waals surface area contributed by atoms with Gasteiger partial charge in [0.05, 0.1) is 17.5 Å². The molecule has 3 rings (SSSR count). The minimum atomic E-state index is -0.710. The number of carbonyl (C=O) groups excluding carboxylic acids is 1. The maximum Gasteiger partial charge on any atom is 0.231 e.